The molecular formula is C18H14BrNOS. The Morgan fingerprint density at radius 3 is 2.86 bits per heavy atom. The van der Waals surface area contributed by atoms with Gasteiger partial charge in [0.05, 0.1) is 0 Å². The van der Waals surface area contributed by atoms with Crippen molar-refractivity contribution in [1.82, 2.24) is 0 Å². The predicted molar refractivity (Wildman–Crippen MR) is 97.5 cm³/mol. The molecule has 4 heteroatoms. The fourth-order valence-electron chi connectivity index (χ4n) is 3.19. The summed E-state index contributed by atoms with van der Waals surface area (Å²) < 4.78 is 1.97. The quantitative estimate of drug-likeness (QED) is 0.592. The summed E-state index contributed by atoms with van der Waals surface area (Å²) in [5.74, 6) is 0. The van der Waals surface area contributed by atoms with Crippen molar-refractivity contribution in [3.63, 3.8) is 0 Å². The van der Waals surface area contributed by atoms with Crippen LogP contribution in [-0.2, 0) is 6.42 Å². The smallest absolute Gasteiger partial charge is 0.211 e. The van der Waals surface area contributed by atoms with Crippen LogP contribution in [0, 0.1) is 0 Å². The highest BCUT2D eigenvalue weighted by Crippen LogP contribution is 2.38. The number of para-hydroxylation sites is 1. The first-order valence-corrected chi connectivity index (χ1v) is 8.90. The number of hydrogen-bond donors (Lipinski definition) is 0. The molecule has 0 N–H and O–H groups in total. The highest BCUT2D eigenvalue weighted by Gasteiger charge is 2.28. The van der Waals surface area contributed by atoms with Gasteiger partial charge in [0.1, 0.15) is 5.69 Å². The van der Waals surface area contributed by atoms with Gasteiger partial charge < -0.3 is 4.90 Å². The summed E-state index contributed by atoms with van der Waals surface area (Å²) in [6.45, 7) is 2.18. The highest BCUT2D eigenvalue weighted by atomic mass is 79.9. The Morgan fingerprint density at radius 1 is 1.18 bits per heavy atom. The molecule has 0 radical (unpaired) electrons. The topological polar surface area (TPSA) is 20.3 Å². The average molecular weight is 372 g/mol. The number of halogens is 1. The van der Waals surface area contributed by atoms with E-state index in [1.807, 2.05) is 29.6 Å². The fraction of sp³-hybridized carbons (Fsp3) is 0.167. The minimum absolute atomic E-state index is 0.110. The number of fused-ring (bicyclic) bond motifs is 2. The molecule has 0 fully saturated rings. The summed E-state index contributed by atoms with van der Waals surface area (Å²) >= 11 is 5.09. The van der Waals surface area contributed by atoms with Crippen LogP contribution in [0.15, 0.2) is 57.1 Å². The highest BCUT2D eigenvalue weighted by molar-refractivity contribution is 9.10. The Morgan fingerprint density at radius 2 is 2.00 bits per heavy atom. The van der Waals surface area contributed by atoms with Crippen molar-refractivity contribution in [3.8, 4) is 0 Å². The summed E-state index contributed by atoms with van der Waals surface area (Å²) in [7, 11) is 0. The van der Waals surface area contributed by atoms with Crippen LogP contribution in [0.25, 0.3) is 10.1 Å². The van der Waals surface area contributed by atoms with E-state index in [0.29, 0.717) is 6.04 Å². The number of nitrogens with zero attached hydrogens (tertiary/aromatic N) is 1. The van der Waals surface area contributed by atoms with Crippen molar-refractivity contribution in [2.45, 2.75) is 19.4 Å². The second-order valence-corrected chi connectivity index (χ2v) is 7.47. The van der Waals surface area contributed by atoms with Gasteiger partial charge in [-0.3, -0.25) is 4.79 Å². The molecule has 1 aromatic heterocycles. The first-order valence-electron chi connectivity index (χ1n) is 7.23. The third-order valence-corrected chi connectivity index (χ3v) is 5.63. The molecule has 3 aromatic rings. The fourth-order valence-corrected chi connectivity index (χ4v) is 4.44. The molecular weight excluding hydrogens is 358 g/mol. The molecule has 0 saturated heterocycles. The van der Waals surface area contributed by atoms with E-state index in [9.17, 15) is 4.79 Å². The summed E-state index contributed by atoms with van der Waals surface area (Å²) in [5, 5.41) is 2.78. The Kier molecular flexibility index (Phi) is 3.31. The second kappa shape index (κ2) is 5.21. The Hall–Kier alpha value is -1.65. The lowest BCUT2D eigenvalue weighted by atomic mass is 10.1. The van der Waals surface area contributed by atoms with Crippen LogP contribution in [0.1, 0.15) is 12.5 Å². The zero-order valence-corrected chi connectivity index (χ0v) is 14.4. The van der Waals surface area contributed by atoms with Crippen molar-refractivity contribution in [2.75, 3.05) is 4.90 Å². The maximum absolute atomic E-state index is 13.0. The molecule has 1 unspecified atom stereocenters. The van der Waals surface area contributed by atoms with Gasteiger partial charge in [0.25, 0.3) is 0 Å². The molecule has 2 nitrogen and oxygen atoms in total. The minimum atomic E-state index is 0.110. The Balaban J connectivity index is 1.95. The van der Waals surface area contributed by atoms with Gasteiger partial charge in [-0.15, -0.1) is 11.3 Å². The minimum Gasteiger partial charge on any atom is -0.334 e. The van der Waals surface area contributed by atoms with Crippen LogP contribution >= 0.6 is 27.3 Å². The Bertz CT molecular complexity index is 934. The summed E-state index contributed by atoms with van der Waals surface area (Å²) in [5.41, 5.74) is 3.37. The third-order valence-electron chi connectivity index (χ3n) is 4.18. The van der Waals surface area contributed by atoms with Crippen molar-refractivity contribution in [2.24, 2.45) is 0 Å². The van der Waals surface area contributed by atoms with Crippen molar-refractivity contribution >= 4 is 48.7 Å². The van der Waals surface area contributed by atoms with Gasteiger partial charge in [-0.05, 0) is 43.2 Å². The van der Waals surface area contributed by atoms with Gasteiger partial charge in [-0.25, -0.2) is 0 Å². The van der Waals surface area contributed by atoms with Gasteiger partial charge in [-0.1, -0.05) is 34.1 Å². The van der Waals surface area contributed by atoms with Crippen molar-refractivity contribution in [1.29, 1.82) is 0 Å². The zero-order chi connectivity index (χ0) is 15.3. The number of anilines is 2. The molecule has 1 atom stereocenters. The summed E-state index contributed by atoms with van der Waals surface area (Å²) in [4.78, 5) is 15.2. The molecule has 4 rings (SSSR count). The lowest BCUT2D eigenvalue weighted by Crippen LogP contribution is -2.28. The van der Waals surface area contributed by atoms with Crippen LogP contribution in [0.5, 0.6) is 0 Å². The van der Waals surface area contributed by atoms with E-state index in [1.54, 1.807) is 11.3 Å². The van der Waals surface area contributed by atoms with E-state index in [1.165, 1.54) is 5.56 Å². The number of benzene rings is 2. The SMILES string of the molecule is CC1Cc2ccccc2N1c1csc2ccc(Br)cc2c1=O. The zero-order valence-electron chi connectivity index (χ0n) is 12.0. The summed E-state index contributed by atoms with van der Waals surface area (Å²) in [6.07, 6.45) is 0.983. The van der Waals surface area contributed by atoms with Gasteiger partial charge in [-0.2, -0.15) is 0 Å². The molecule has 110 valence electrons. The molecule has 2 aromatic carbocycles. The molecule has 1 aliphatic rings. The number of rotatable bonds is 1. The third kappa shape index (κ3) is 2.09. The first-order chi connectivity index (χ1) is 10.6. The molecule has 1 aliphatic heterocycles. The number of hydrogen-bond acceptors (Lipinski definition) is 3. The normalized spacial score (nSPS) is 17.0. The first kappa shape index (κ1) is 14.0. The van der Waals surface area contributed by atoms with Gasteiger partial charge in [0.2, 0.25) is 5.43 Å². The van der Waals surface area contributed by atoms with Gasteiger partial charge in [0.15, 0.2) is 0 Å². The molecule has 22 heavy (non-hydrogen) atoms. The molecule has 0 amide bonds. The standard InChI is InChI=1S/C18H14BrNOS/c1-11-8-12-4-2-3-5-15(12)20(11)16-10-22-17-7-6-13(19)9-14(17)18(16)21/h2-7,9-11H,8H2,1H3. The van der Waals surface area contributed by atoms with Crippen LogP contribution in [0.4, 0.5) is 11.4 Å². The van der Waals surface area contributed by atoms with Crippen LogP contribution in [0.3, 0.4) is 0 Å². The lowest BCUT2D eigenvalue weighted by Gasteiger charge is -2.24. The lowest BCUT2D eigenvalue weighted by molar-refractivity contribution is 0.758. The van der Waals surface area contributed by atoms with Gasteiger partial charge >= 0.3 is 0 Å². The van der Waals surface area contributed by atoms with Crippen molar-refractivity contribution < 1.29 is 0 Å². The average Bonchev–Trinajstić information content (AvgIpc) is 2.84. The molecule has 0 saturated carbocycles. The maximum atomic E-state index is 13.0. The van der Waals surface area contributed by atoms with Crippen LogP contribution < -0.4 is 10.3 Å². The molecule has 0 spiro atoms. The van der Waals surface area contributed by atoms with Crippen LogP contribution in [-0.4, -0.2) is 6.04 Å². The second-order valence-electron chi connectivity index (χ2n) is 5.64. The van der Waals surface area contributed by atoms with E-state index < -0.39 is 0 Å². The van der Waals surface area contributed by atoms with Crippen LogP contribution in [0.2, 0.25) is 0 Å². The van der Waals surface area contributed by atoms with E-state index in [0.717, 1.165) is 32.4 Å². The van der Waals surface area contributed by atoms with E-state index in [-0.39, 0.29) is 5.43 Å². The van der Waals surface area contributed by atoms with Gasteiger partial charge in [0, 0.05) is 31.7 Å². The van der Waals surface area contributed by atoms with Crippen molar-refractivity contribution in [3.05, 3.63) is 68.1 Å². The molecule has 2 heterocycles. The Labute approximate surface area is 141 Å². The largest absolute Gasteiger partial charge is 0.334 e. The molecule has 0 aliphatic carbocycles. The van der Waals surface area contributed by atoms with E-state index in [2.05, 4.69) is 46.0 Å². The predicted octanol–water partition coefficient (Wildman–Crippen LogP) is 5.11. The summed E-state index contributed by atoms with van der Waals surface area (Å²) in [6, 6.07) is 14.6. The monoisotopic (exact) mass is 371 g/mol. The molecule has 0 bridgehead atoms. The maximum Gasteiger partial charge on any atom is 0.211 e. The van der Waals surface area contributed by atoms with E-state index in [4.69, 9.17) is 0 Å². The van der Waals surface area contributed by atoms with E-state index >= 15 is 0 Å².